The van der Waals surface area contributed by atoms with E-state index in [0.717, 1.165) is 37.2 Å². The molecule has 0 radical (unpaired) electrons. The Labute approximate surface area is 113 Å². The SMILES string of the molecule is CC1OCCC1NC(=O)C1CCNc2ccccc21. The average molecular weight is 260 g/mol. The Morgan fingerprint density at radius 2 is 2.21 bits per heavy atom. The number of benzene rings is 1. The van der Waals surface area contributed by atoms with Crippen LogP contribution in [0.3, 0.4) is 0 Å². The molecule has 102 valence electrons. The summed E-state index contributed by atoms with van der Waals surface area (Å²) in [5.41, 5.74) is 2.20. The highest BCUT2D eigenvalue weighted by molar-refractivity contribution is 5.86. The maximum Gasteiger partial charge on any atom is 0.227 e. The Kier molecular flexibility index (Phi) is 3.42. The molecular formula is C15H20N2O2. The highest BCUT2D eigenvalue weighted by Crippen LogP contribution is 2.31. The Morgan fingerprint density at radius 1 is 1.37 bits per heavy atom. The van der Waals surface area contributed by atoms with Gasteiger partial charge in [-0.05, 0) is 31.4 Å². The van der Waals surface area contributed by atoms with Crippen LogP contribution < -0.4 is 10.6 Å². The molecule has 4 heteroatoms. The molecule has 0 aliphatic carbocycles. The molecule has 1 saturated heterocycles. The number of hydrogen-bond acceptors (Lipinski definition) is 3. The summed E-state index contributed by atoms with van der Waals surface area (Å²) in [5.74, 6) is 0.0987. The van der Waals surface area contributed by atoms with Crippen LogP contribution in [0, 0.1) is 0 Å². The predicted octanol–water partition coefficient (Wildman–Crippen LogP) is 1.88. The zero-order chi connectivity index (χ0) is 13.2. The fraction of sp³-hybridized carbons (Fsp3) is 0.533. The van der Waals surface area contributed by atoms with E-state index in [4.69, 9.17) is 4.74 Å². The van der Waals surface area contributed by atoms with Crippen LogP contribution in [0.25, 0.3) is 0 Å². The van der Waals surface area contributed by atoms with Crippen LogP contribution in [0.1, 0.15) is 31.2 Å². The van der Waals surface area contributed by atoms with Crippen molar-refractivity contribution in [1.29, 1.82) is 0 Å². The molecule has 3 atom stereocenters. The molecular weight excluding hydrogens is 240 g/mol. The van der Waals surface area contributed by atoms with Crippen molar-refractivity contribution in [3.05, 3.63) is 29.8 Å². The highest BCUT2D eigenvalue weighted by atomic mass is 16.5. The number of nitrogens with one attached hydrogen (secondary N) is 2. The molecule has 19 heavy (non-hydrogen) atoms. The van der Waals surface area contributed by atoms with E-state index in [0.29, 0.717) is 0 Å². The normalized spacial score (nSPS) is 29.4. The topological polar surface area (TPSA) is 50.4 Å². The standard InChI is InChI=1S/C15H20N2O2/c1-10-13(7-9-19-10)17-15(18)12-6-8-16-14-5-3-2-4-11(12)14/h2-5,10,12-13,16H,6-9H2,1H3,(H,17,18). The molecule has 1 fully saturated rings. The lowest BCUT2D eigenvalue weighted by molar-refractivity contribution is -0.123. The van der Waals surface area contributed by atoms with E-state index in [2.05, 4.69) is 10.6 Å². The van der Waals surface area contributed by atoms with Gasteiger partial charge in [0.2, 0.25) is 5.91 Å². The number of rotatable bonds is 2. The van der Waals surface area contributed by atoms with Crippen LogP contribution in [0.5, 0.6) is 0 Å². The lowest BCUT2D eigenvalue weighted by Gasteiger charge is -2.27. The van der Waals surface area contributed by atoms with Crippen LogP contribution in [-0.2, 0) is 9.53 Å². The van der Waals surface area contributed by atoms with Gasteiger partial charge in [0, 0.05) is 18.8 Å². The second-order valence-electron chi connectivity index (χ2n) is 5.33. The van der Waals surface area contributed by atoms with Gasteiger partial charge in [-0.15, -0.1) is 0 Å². The first-order chi connectivity index (χ1) is 9.25. The fourth-order valence-electron chi connectivity index (χ4n) is 2.95. The summed E-state index contributed by atoms with van der Waals surface area (Å²) < 4.78 is 5.50. The van der Waals surface area contributed by atoms with Crippen molar-refractivity contribution in [1.82, 2.24) is 5.32 Å². The van der Waals surface area contributed by atoms with E-state index in [1.165, 1.54) is 0 Å². The van der Waals surface area contributed by atoms with E-state index in [9.17, 15) is 4.79 Å². The van der Waals surface area contributed by atoms with Gasteiger partial charge in [0.05, 0.1) is 18.1 Å². The number of carbonyl (C=O) groups is 1. The van der Waals surface area contributed by atoms with Crippen molar-refractivity contribution in [2.45, 2.75) is 37.8 Å². The zero-order valence-corrected chi connectivity index (χ0v) is 11.2. The molecule has 4 nitrogen and oxygen atoms in total. The highest BCUT2D eigenvalue weighted by Gasteiger charge is 2.31. The van der Waals surface area contributed by atoms with Crippen LogP contribution in [0.2, 0.25) is 0 Å². The van der Waals surface area contributed by atoms with E-state index in [1.807, 2.05) is 31.2 Å². The molecule has 2 aliphatic rings. The van der Waals surface area contributed by atoms with Gasteiger partial charge in [-0.2, -0.15) is 0 Å². The Bertz CT molecular complexity index is 475. The predicted molar refractivity (Wildman–Crippen MR) is 74.3 cm³/mol. The maximum absolute atomic E-state index is 12.5. The summed E-state index contributed by atoms with van der Waals surface area (Å²) >= 11 is 0. The summed E-state index contributed by atoms with van der Waals surface area (Å²) in [6.07, 6.45) is 1.89. The first-order valence-corrected chi connectivity index (χ1v) is 7.00. The summed E-state index contributed by atoms with van der Waals surface area (Å²) in [7, 11) is 0. The molecule has 0 spiro atoms. The number of ether oxygens (including phenoxy) is 1. The molecule has 2 aliphatic heterocycles. The van der Waals surface area contributed by atoms with Crippen LogP contribution in [0.4, 0.5) is 5.69 Å². The molecule has 0 aromatic heterocycles. The molecule has 0 bridgehead atoms. The lowest BCUT2D eigenvalue weighted by atomic mass is 9.90. The number of carbonyl (C=O) groups excluding carboxylic acids is 1. The first-order valence-electron chi connectivity index (χ1n) is 7.00. The van der Waals surface area contributed by atoms with Crippen molar-refractivity contribution < 1.29 is 9.53 Å². The second kappa shape index (κ2) is 5.21. The summed E-state index contributed by atoms with van der Waals surface area (Å²) in [6.45, 7) is 3.62. The van der Waals surface area contributed by atoms with Crippen LogP contribution in [0.15, 0.2) is 24.3 Å². The second-order valence-corrected chi connectivity index (χ2v) is 5.33. The minimum atomic E-state index is -0.0368. The molecule has 3 unspecified atom stereocenters. The minimum Gasteiger partial charge on any atom is -0.385 e. The van der Waals surface area contributed by atoms with E-state index < -0.39 is 0 Å². The van der Waals surface area contributed by atoms with Gasteiger partial charge in [-0.3, -0.25) is 4.79 Å². The Hall–Kier alpha value is -1.55. The third-order valence-electron chi connectivity index (χ3n) is 4.11. The molecule has 1 aromatic carbocycles. The number of hydrogen-bond donors (Lipinski definition) is 2. The number of para-hydroxylation sites is 1. The third-order valence-corrected chi connectivity index (χ3v) is 4.11. The van der Waals surface area contributed by atoms with Gasteiger partial charge in [-0.25, -0.2) is 0 Å². The first kappa shape index (κ1) is 12.5. The Morgan fingerprint density at radius 3 is 3.00 bits per heavy atom. The monoisotopic (exact) mass is 260 g/mol. The fourth-order valence-corrected chi connectivity index (χ4v) is 2.95. The maximum atomic E-state index is 12.5. The third kappa shape index (κ3) is 2.45. The number of fused-ring (bicyclic) bond motifs is 1. The molecule has 2 heterocycles. The van der Waals surface area contributed by atoms with Gasteiger partial charge >= 0.3 is 0 Å². The van der Waals surface area contributed by atoms with E-state index >= 15 is 0 Å². The Balaban J connectivity index is 1.74. The van der Waals surface area contributed by atoms with Gasteiger partial charge in [0.1, 0.15) is 0 Å². The molecule has 1 amide bonds. The molecule has 1 aromatic rings. The summed E-state index contributed by atoms with van der Waals surface area (Å²) in [5, 5.41) is 6.49. The zero-order valence-electron chi connectivity index (χ0n) is 11.2. The van der Waals surface area contributed by atoms with Gasteiger partial charge in [0.25, 0.3) is 0 Å². The molecule has 3 rings (SSSR count). The smallest absolute Gasteiger partial charge is 0.227 e. The van der Waals surface area contributed by atoms with Crippen molar-refractivity contribution in [3.8, 4) is 0 Å². The quantitative estimate of drug-likeness (QED) is 0.853. The van der Waals surface area contributed by atoms with Crippen molar-refractivity contribution in [2.75, 3.05) is 18.5 Å². The van der Waals surface area contributed by atoms with Crippen LogP contribution >= 0.6 is 0 Å². The number of amides is 1. The lowest BCUT2D eigenvalue weighted by Crippen LogP contribution is -2.42. The summed E-state index contributed by atoms with van der Waals surface area (Å²) in [4.78, 5) is 12.5. The van der Waals surface area contributed by atoms with Crippen molar-refractivity contribution in [3.63, 3.8) is 0 Å². The van der Waals surface area contributed by atoms with Crippen molar-refractivity contribution >= 4 is 11.6 Å². The van der Waals surface area contributed by atoms with Gasteiger partial charge in [0.15, 0.2) is 0 Å². The van der Waals surface area contributed by atoms with Gasteiger partial charge in [-0.1, -0.05) is 18.2 Å². The van der Waals surface area contributed by atoms with Crippen molar-refractivity contribution in [2.24, 2.45) is 0 Å². The molecule has 0 saturated carbocycles. The largest absolute Gasteiger partial charge is 0.385 e. The number of anilines is 1. The van der Waals surface area contributed by atoms with E-state index in [1.54, 1.807) is 0 Å². The van der Waals surface area contributed by atoms with Gasteiger partial charge < -0.3 is 15.4 Å². The minimum absolute atomic E-state index is 0.0368. The van der Waals surface area contributed by atoms with E-state index in [-0.39, 0.29) is 24.0 Å². The molecule has 2 N–H and O–H groups in total. The summed E-state index contributed by atoms with van der Waals surface area (Å²) in [6, 6.07) is 8.23. The average Bonchev–Trinajstić information content (AvgIpc) is 2.83. The van der Waals surface area contributed by atoms with Crippen LogP contribution in [-0.4, -0.2) is 31.2 Å².